The molecular weight excluding hydrogens is 366 g/mol. The van der Waals surface area contributed by atoms with Crippen molar-refractivity contribution >= 4 is 17.7 Å². The van der Waals surface area contributed by atoms with Crippen LogP contribution in [0.15, 0.2) is 22.6 Å². The van der Waals surface area contributed by atoms with Crippen molar-refractivity contribution in [3.63, 3.8) is 0 Å². The number of hydrogen-bond donors (Lipinski definition) is 2. The minimum Gasteiger partial charge on any atom is -0.489 e. The number of fused-ring (bicyclic) bond motifs is 4. The van der Waals surface area contributed by atoms with Crippen LogP contribution in [0.2, 0.25) is 0 Å². The molecule has 3 fully saturated rings. The second-order valence-corrected chi connectivity index (χ2v) is 8.13. The van der Waals surface area contributed by atoms with Crippen LogP contribution in [0.1, 0.15) is 19.8 Å². The van der Waals surface area contributed by atoms with Gasteiger partial charge in [-0.05, 0) is 25.7 Å². The molecule has 5 rings (SSSR count). The molecule has 3 unspecified atom stereocenters. The number of piperazine rings is 1. The Morgan fingerprint density at radius 3 is 2.68 bits per heavy atom. The number of carbonyl (C=O) groups is 3. The van der Waals surface area contributed by atoms with E-state index in [2.05, 4.69) is 5.32 Å². The summed E-state index contributed by atoms with van der Waals surface area (Å²) in [5, 5.41) is 3.33. The molecule has 3 N–H and O–H groups in total. The molecule has 4 atom stereocenters. The summed E-state index contributed by atoms with van der Waals surface area (Å²) >= 11 is 0. The lowest BCUT2D eigenvalue weighted by Gasteiger charge is -2.39. The van der Waals surface area contributed by atoms with Crippen LogP contribution in [-0.2, 0) is 23.8 Å². The van der Waals surface area contributed by atoms with Gasteiger partial charge in [-0.3, -0.25) is 9.59 Å². The van der Waals surface area contributed by atoms with Gasteiger partial charge < -0.3 is 30.2 Å². The number of methoxy groups -OCH3 is 1. The Balaban J connectivity index is 1.55. The summed E-state index contributed by atoms with van der Waals surface area (Å²) < 4.78 is 16.8. The van der Waals surface area contributed by atoms with Gasteiger partial charge in [-0.25, -0.2) is 4.79 Å². The third kappa shape index (κ3) is 2.23. The number of primary amides is 1. The fourth-order valence-corrected chi connectivity index (χ4v) is 4.93. The molecule has 0 aromatic heterocycles. The summed E-state index contributed by atoms with van der Waals surface area (Å²) in [7, 11) is 1.55. The zero-order chi connectivity index (χ0) is 19.8. The van der Waals surface area contributed by atoms with Crippen LogP contribution >= 0.6 is 0 Å². The average Bonchev–Trinajstić information content (AvgIpc) is 3.57. The van der Waals surface area contributed by atoms with Gasteiger partial charge in [0, 0.05) is 30.8 Å². The molecule has 3 heterocycles. The van der Waals surface area contributed by atoms with E-state index in [0.717, 1.165) is 12.8 Å². The van der Waals surface area contributed by atoms with Gasteiger partial charge in [-0.2, -0.15) is 0 Å². The highest BCUT2D eigenvalue weighted by molar-refractivity contribution is 6.25. The van der Waals surface area contributed by atoms with Gasteiger partial charge in [-0.1, -0.05) is 0 Å². The Labute approximate surface area is 161 Å². The molecule has 1 saturated carbocycles. The van der Waals surface area contributed by atoms with Crippen LogP contribution in [0.4, 0.5) is 4.79 Å². The Bertz CT molecular complexity index is 860. The van der Waals surface area contributed by atoms with E-state index in [1.165, 1.54) is 0 Å². The van der Waals surface area contributed by atoms with Gasteiger partial charge in [-0.15, -0.1) is 0 Å². The van der Waals surface area contributed by atoms with Gasteiger partial charge in [0.25, 0.3) is 0 Å². The van der Waals surface area contributed by atoms with Crippen LogP contribution in [0, 0.1) is 11.8 Å². The molecule has 0 bridgehead atoms. The highest BCUT2D eigenvalue weighted by Crippen LogP contribution is 2.55. The predicted molar refractivity (Wildman–Crippen MR) is 94.6 cm³/mol. The first-order chi connectivity index (χ1) is 13.4. The average molecular weight is 389 g/mol. The van der Waals surface area contributed by atoms with Gasteiger partial charge in [0.15, 0.2) is 11.5 Å². The van der Waals surface area contributed by atoms with E-state index >= 15 is 0 Å². The SMILES string of the molecule is CO[C@@]12C(COC(N)=O)C3=C(C(=O)C(C)=C(OCC4CC4)C3=O)N1CC1NC12. The topological polar surface area (TPSA) is 130 Å². The van der Waals surface area contributed by atoms with Crippen molar-refractivity contribution in [3.8, 4) is 0 Å². The Kier molecular flexibility index (Phi) is 3.67. The maximum absolute atomic E-state index is 13.4. The van der Waals surface area contributed by atoms with Crippen molar-refractivity contribution in [2.75, 3.05) is 26.9 Å². The monoisotopic (exact) mass is 389 g/mol. The maximum Gasteiger partial charge on any atom is 0.404 e. The lowest BCUT2D eigenvalue weighted by Crippen LogP contribution is -2.55. The van der Waals surface area contributed by atoms with Gasteiger partial charge in [0.2, 0.25) is 11.6 Å². The molecule has 2 saturated heterocycles. The van der Waals surface area contributed by atoms with E-state index in [1.54, 1.807) is 14.0 Å². The molecule has 0 aromatic carbocycles. The Morgan fingerprint density at radius 2 is 2.04 bits per heavy atom. The third-order valence-electron chi connectivity index (χ3n) is 6.53. The standard InChI is InChI=1S/C19H23N3O6/c1-8-14(23)13-12(15(24)16(8)27-6-9-3-4-9)10(7-28-18(20)25)19(26-2)17-11(21-17)5-22(13)19/h9-11,17,21H,3-7H2,1-2H3,(H2,20,25)/t10?,11?,17?,19-/m1/s1. The van der Waals surface area contributed by atoms with E-state index < -0.39 is 17.7 Å². The maximum atomic E-state index is 13.4. The summed E-state index contributed by atoms with van der Waals surface area (Å²) in [6.07, 6.45) is 1.22. The van der Waals surface area contributed by atoms with Crippen LogP contribution < -0.4 is 11.1 Å². The first-order valence-electron chi connectivity index (χ1n) is 9.58. The van der Waals surface area contributed by atoms with Crippen LogP contribution in [0.5, 0.6) is 0 Å². The predicted octanol–water partition coefficient (Wildman–Crippen LogP) is -0.183. The third-order valence-corrected chi connectivity index (χ3v) is 6.53. The van der Waals surface area contributed by atoms with E-state index in [0.29, 0.717) is 35.9 Å². The summed E-state index contributed by atoms with van der Waals surface area (Å²) in [4.78, 5) is 39.8. The highest BCUT2D eigenvalue weighted by Gasteiger charge is 2.72. The minimum absolute atomic E-state index is 0.0543. The number of nitrogens with zero attached hydrogens (tertiary/aromatic N) is 1. The highest BCUT2D eigenvalue weighted by atomic mass is 16.6. The zero-order valence-electron chi connectivity index (χ0n) is 15.8. The lowest BCUT2D eigenvalue weighted by atomic mass is 9.83. The Morgan fingerprint density at radius 1 is 1.29 bits per heavy atom. The van der Waals surface area contributed by atoms with E-state index in [4.69, 9.17) is 19.9 Å². The molecule has 3 aliphatic heterocycles. The molecule has 0 aromatic rings. The minimum atomic E-state index is -0.956. The molecule has 0 spiro atoms. The van der Waals surface area contributed by atoms with Gasteiger partial charge in [0.1, 0.15) is 6.61 Å². The van der Waals surface area contributed by atoms with Crippen molar-refractivity contribution in [1.82, 2.24) is 10.2 Å². The van der Waals surface area contributed by atoms with Crippen molar-refractivity contribution < 1.29 is 28.6 Å². The molecular formula is C19H23N3O6. The van der Waals surface area contributed by atoms with Crippen LogP contribution in [-0.4, -0.2) is 67.2 Å². The van der Waals surface area contributed by atoms with Crippen molar-refractivity contribution in [1.29, 1.82) is 0 Å². The largest absolute Gasteiger partial charge is 0.489 e. The first-order valence-corrected chi connectivity index (χ1v) is 9.58. The molecule has 0 radical (unpaired) electrons. The lowest BCUT2D eigenvalue weighted by molar-refractivity contribution is -0.137. The number of nitrogens with two attached hydrogens (primary N) is 1. The van der Waals surface area contributed by atoms with Crippen LogP contribution in [0.3, 0.4) is 0 Å². The molecule has 5 aliphatic rings. The fraction of sp³-hybridized carbons (Fsp3) is 0.632. The number of ether oxygens (including phenoxy) is 3. The number of hydrogen-bond acceptors (Lipinski definition) is 8. The second-order valence-electron chi connectivity index (χ2n) is 8.13. The molecule has 28 heavy (non-hydrogen) atoms. The smallest absolute Gasteiger partial charge is 0.404 e. The number of amides is 1. The van der Waals surface area contributed by atoms with E-state index in [1.807, 2.05) is 4.90 Å². The van der Waals surface area contributed by atoms with Crippen molar-refractivity contribution in [2.24, 2.45) is 17.6 Å². The summed E-state index contributed by atoms with van der Waals surface area (Å²) in [5.74, 6) is -0.638. The molecule has 150 valence electrons. The number of carbonyl (C=O) groups excluding carboxylic acids is 3. The van der Waals surface area contributed by atoms with Gasteiger partial charge in [0.05, 0.1) is 24.3 Å². The molecule has 1 amide bonds. The summed E-state index contributed by atoms with van der Waals surface area (Å²) in [6, 6.07) is 0.117. The summed E-state index contributed by atoms with van der Waals surface area (Å²) in [6.45, 7) is 2.47. The summed E-state index contributed by atoms with van der Waals surface area (Å²) in [5.41, 5.74) is 5.18. The zero-order valence-corrected chi connectivity index (χ0v) is 15.8. The molecule has 2 aliphatic carbocycles. The molecule has 9 nitrogen and oxygen atoms in total. The number of ketones is 2. The van der Waals surface area contributed by atoms with Crippen molar-refractivity contribution in [3.05, 3.63) is 22.6 Å². The number of allylic oxidation sites excluding steroid dienone is 2. The first kappa shape index (κ1) is 17.7. The number of nitrogens with one attached hydrogen (secondary N) is 1. The quantitative estimate of drug-likeness (QED) is 0.472. The Hall–Kier alpha value is -2.39. The molecule has 9 heteroatoms. The second kappa shape index (κ2) is 5.81. The number of Topliss-reactive ketones (excluding diaryl/α,β-unsaturated/α-hetero) is 2. The van der Waals surface area contributed by atoms with E-state index in [9.17, 15) is 14.4 Å². The van der Waals surface area contributed by atoms with Crippen LogP contribution in [0.25, 0.3) is 0 Å². The van der Waals surface area contributed by atoms with Crippen molar-refractivity contribution in [2.45, 2.75) is 37.6 Å². The van der Waals surface area contributed by atoms with E-state index in [-0.39, 0.29) is 36.0 Å². The normalized spacial score (nSPS) is 35.8. The van der Waals surface area contributed by atoms with Gasteiger partial charge >= 0.3 is 6.09 Å². The number of rotatable bonds is 6. The fourth-order valence-electron chi connectivity index (χ4n) is 4.93.